The van der Waals surface area contributed by atoms with Crippen molar-refractivity contribution in [2.75, 3.05) is 7.11 Å². The Hall–Kier alpha value is -3.01. The van der Waals surface area contributed by atoms with Crippen molar-refractivity contribution in [2.45, 2.75) is 13.5 Å². The Labute approximate surface area is 141 Å². The Bertz CT molecular complexity index is 849. The van der Waals surface area contributed by atoms with E-state index in [4.69, 9.17) is 10.5 Å². The van der Waals surface area contributed by atoms with Gasteiger partial charge in [-0.2, -0.15) is 0 Å². The molecule has 3 aromatic rings. The number of hydrogen-bond donors (Lipinski definition) is 1. The number of aromatic nitrogens is 1. The number of carbonyl (C=O) groups excluding carboxylic acids is 1. The van der Waals surface area contributed by atoms with E-state index in [0.717, 1.165) is 28.3 Å². The third kappa shape index (κ3) is 3.04. The van der Waals surface area contributed by atoms with E-state index in [2.05, 4.69) is 4.57 Å². The van der Waals surface area contributed by atoms with Gasteiger partial charge in [-0.05, 0) is 36.2 Å². The summed E-state index contributed by atoms with van der Waals surface area (Å²) in [5.74, 6) is 0.419. The van der Waals surface area contributed by atoms with Crippen molar-refractivity contribution in [1.29, 1.82) is 0 Å². The van der Waals surface area contributed by atoms with E-state index in [0.29, 0.717) is 12.1 Å². The van der Waals surface area contributed by atoms with Crippen LogP contribution in [0.5, 0.6) is 5.75 Å². The molecule has 0 atom stereocenters. The molecule has 0 fully saturated rings. The molecular formula is C20H20N2O2. The first-order valence-electron chi connectivity index (χ1n) is 7.78. The van der Waals surface area contributed by atoms with Crippen molar-refractivity contribution in [2.24, 2.45) is 5.73 Å². The van der Waals surface area contributed by atoms with Gasteiger partial charge in [0.15, 0.2) is 0 Å². The van der Waals surface area contributed by atoms with Crippen LogP contribution in [0.2, 0.25) is 0 Å². The maximum Gasteiger partial charge on any atom is 0.250 e. The first-order chi connectivity index (χ1) is 11.6. The molecule has 1 amide bonds. The molecule has 122 valence electrons. The van der Waals surface area contributed by atoms with E-state index in [1.54, 1.807) is 7.11 Å². The number of hydrogen-bond acceptors (Lipinski definition) is 2. The summed E-state index contributed by atoms with van der Waals surface area (Å²) in [4.78, 5) is 11.7. The predicted octanol–water partition coefficient (Wildman–Crippen LogP) is 3.62. The Balaban J connectivity index is 2.06. The highest BCUT2D eigenvalue weighted by Crippen LogP contribution is 2.27. The lowest BCUT2D eigenvalue weighted by molar-refractivity contribution is 0.0999. The van der Waals surface area contributed by atoms with Crippen LogP contribution >= 0.6 is 0 Å². The number of carbonyl (C=O) groups is 1. The highest BCUT2D eigenvalue weighted by molar-refractivity contribution is 5.95. The third-order valence-corrected chi connectivity index (χ3v) is 4.20. The SMILES string of the molecule is COc1ccc(Cn2c(-c3ccccc3)cc(C(N)=O)c2C)cc1. The van der Waals surface area contributed by atoms with Gasteiger partial charge in [0.2, 0.25) is 0 Å². The van der Waals surface area contributed by atoms with Crippen LogP contribution in [0.25, 0.3) is 11.3 Å². The van der Waals surface area contributed by atoms with Gasteiger partial charge in [-0.15, -0.1) is 0 Å². The van der Waals surface area contributed by atoms with Gasteiger partial charge in [0.25, 0.3) is 5.91 Å². The summed E-state index contributed by atoms with van der Waals surface area (Å²) in [6, 6.07) is 19.8. The molecule has 2 N–H and O–H groups in total. The van der Waals surface area contributed by atoms with Crippen LogP contribution in [-0.2, 0) is 6.54 Å². The molecule has 0 bridgehead atoms. The zero-order chi connectivity index (χ0) is 17.1. The van der Waals surface area contributed by atoms with Crippen LogP contribution < -0.4 is 10.5 Å². The Kier molecular flexibility index (Phi) is 4.38. The average molecular weight is 320 g/mol. The van der Waals surface area contributed by atoms with E-state index in [1.165, 1.54) is 0 Å². The molecule has 1 heterocycles. The lowest BCUT2D eigenvalue weighted by Crippen LogP contribution is -2.12. The van der Waals surface area contributed by atoms with Gasteiger partial charge in [0.05, 0.1) is 12.7 Å². The minimum Gasteiger partial charge on any atom is -0.497 e. The number of methoxy groups -OCH3 is 1. The predicted molar refractivity (Wildman–Crippen MR) is 95.2 cm³/mol. The third-order valence-electron chi connectivity index (χ3n) is 4.20. The highest BCUT2D eigenvalue weighted by atomic mass is 16.5. The Morgan fingerprint density at radius 1 is 1.08 bits per heavy atom. The van der Waals surface area contributed by atoms with E-state index < -0.39 is 5.91 Å². The summed E-state index contributed by atoms with van der Waals surface area (Å²) in [6.45, 7) is 2.59. The summed E-state index contributed by atoms with van der Waals surface area (Å²) < 4.78 is 7.33. The summed E-state index contributed by atoms with van der Waals surface area (Å²) in [7, 11) is 1.65. The molecule has 0 saturated carbocycles. The molecule has 4 nitrogen and oxygen atoms in total. The fourth-order valence-corrected chi connectivity index (χ4v) is 2.86. The van der Waals surface area contributed by atoms with Gasteiger partial charge >= 0.3 is 0 Å². The monoisotopic (exact) mass is 320 g/mol. The number of benzene rings is 2. The Morgan fingerprint density at radius 2 is 1.75 bits per heavy atom. The second-order valence-corrected chi connectivity index (χ2v) is 5.69. The van der Waals surface area contributed by atoms with Crippen LogP contribution in [0.15, 0.2) is 60.7 Å². The minimum absolute atomic E-state index is 0.404. The van der Waals surface area contributed by atoms with Gasteiger partial charge in [0, 0.05) is 17.9 Å². The van der Waals surface area contributed by atoms with Crippen molar-refractivity contribution in [3.05, 3.63) is 77.5 Å². The second kappa shape index (κ2) is 6.62. The van der Waals surface area contributed by atoms with Gasteiger partial charge in [0.1, 0.15) is 5.75 Å². The quantitative estimate of drug-likeness (QED) is 0.780. The first-order valence-corrected chi connectivity index (χ1v) is 7.78. The van der Waals surface area contributed by atoms with Crippen LogP contribution in [0.1, 0.15) is 21.6 Å². The normalized spacial score (nSPS) is 10.6. The molecule has 0 radical (unpaired) electrons. The van der Waals surface area contributed by atoms with Gasteiger partial charge < -0.3 is 15.0 Å². The summed E-state index contributed by atoms with van der Waals surface area (Å²) in [5, 5.41) is 0. The number of primary amides is 1. The molecule has 0 unspecified atom stereocenters. The van der Waals surface area contributed by atoms with Crippen LogP contribution in [0, 0.1) is 6.92 Å². The minimum atomic E-state index is -0.404. The molecule has 24 heavy (non-hydrogen) atoms. The maximum atomic E-state index is 11.7. The fourth-order valence-electron chi connectivity index (χ4n) is 2.86. The van der Waals surface area contributed by atoms with Crippen molar-refractivity contribution in [1.82, 2.24) is 4.57 Å². The molecular weight excluding hydrogens is 300 g/mol. The number of ether oxygens (including phenoxy) is 1. The van der Waals surface area contributed by atoms with Crippen LogP contribution in [0.4, 0.5) is 0 Å². The Morgan fingerprint density at radius 3 is 2.33 bits per heavy atom. The van der Waals surface area contributed by atoms with Gasteiger partial charge in [-0.25, -0.2) is 0 Å². The summed E-state index contributed by atoms with van der Waals surface area (Å²) >= 11 is 0. The number of nitrogens with zero attached hydrogens (tertiary/aromatic N) is 1. The standard InChI is InChI=1S/C20H20N2O2/c1-14-18(20(21)23)12-19(16-6-4-3-5-7-16)22(14)13-15-8-10-17(24-2)11-9-15/h3-12H,13H2,1-2H3,(H2,21,23). The van der Waals surface area contributed by atoms with Gasteiger partial charge in [-0.3, -0.25) is 4.79 Å². The van der Waals surface area contributed by atoms with Crippen molar-refractivity contribution < 1.29 is 9.53 Å². The molecule has 0 saturated heterocycles. The molecule has 3 rings (SSSR count). The number of amides is 1. The molecule has 0 spiro atoms. The molecule has 2 aromatic carbocycles. The number of rotatable bonds is 5. The van der Waals surface area contributed by atoms with E-state index >= 15 is 0 Å². The topological polar surface area (TPSA) is 57.2 Å². The smallest absolute Gasteiger partial charge is 0.250 e. The highest BCUT2D eigenvalue weighted by Gasteiger charge is 2.16. The van der Waals surface area contributed by atoms with E-state index in [-0.39, 0.29) is 0 Å². The van der Waals surface area contributed by atoms with E-state index in [9.17, 15) is 4.79 Å². The largest absolute Gasteiger partial charge is 0.497 e. The lowest BCUT2D eigenvalue weighted by atomic mass is 10.1. The molecule has 4 heteroatoms. The van der Waals surface area contributed by atoms with Gasteiger partial charge in [-0.1, -0.05) is 42.5 Å². The zero-order valence-electron chi connectivity index (χ0n) is 13.8. The summed E-state index contributed by atoms with van der Waals surface area (Å²) in [6.07, 6.45) is 0. The van der Waals surface area contributed by atoms with Crippen molar-refractivity contribution in [3.63, 3.8) is 0 Å². The molecule has 0 aliphatic carbocycles. The lowest BCUT2D eigenvalue weighted by Gasteiger charge is -2.13. The van der Waals surface area contributed by atoms with Crippen molar-refractivity contribution >= 4 is 5.91 Å². The first kappa shape index (κ1) is 15.9. The second-order valence-electron chi connectivity index (χ2n) is 5.69. The maximum absolute atomic E-state index is 11.7. The zero-order valence-corrected chi connectivity index (χ0v) is 13.8. The molecule has 1 aromatic heterocycles. The average Bonchev–Trinajstić information content (AvgIpc) is 2.93. The van der Waals surface area contributed by atoms with Crippen molar-refractivity contribution in [3.8, 4) is 17.0 Å². The van der Waals surface area contributed by atoms with Crippen LogP contribution in [-0.4, -0.2) is 17.6 Å². The van der Waals surface area contributed by atoms with Crippen LogP contribution in [0.3, 0.4) is 0 Å². The van der Waals surface area contributed by atoms with E-state index in [1.807, 2.05) is 67.6 Å². The fraction of sp³-hybridized carbons (Fsp3) is 0.150. The molecule has 0 aliphatic rings. The summed E-state index contributed by atoms with van der Waals surface area (Å²) in [5.41, 5.74) is 10.1. The number of nitrogens with two attached hydrogens (primary N) is 1. The molecule has 0 aliphatic heterocycles.